The van der Waals surface area contributed by atoms with Crippen LogP contribution >= 0.6 is 0 Å². The number of H-pyrrole nitrogens is 1. The fraction of sp³-hybridized carbons (Fsp3) is 0.609. The first kappa shape index (κ1) is 24.3. The Morgan fingerprint density at radius 2 is 1.40 bits per heavy atom. The maximum atomic E-state index is 12.1. The van der Waals surface area contributed by atoms with Gasteiger partial charge in [-0.2, -0.15) is 0 Å². The van der Waals surface area contributed by atoms with Crippen molar-refractivity contribution in [2.24, 2.45) is 5.73 Å². The molecule has 7 nitrogen and oxygen atoms in total. The van der Waals surface area contributed by atoms with Crippen molar-refractivity contribution in [2.45, 2.75) is 38.5 Å². The van der Waals surface area contributed by atoms with Crippen molar-refractivity contribution in [3.63, 3.8) is 0 Å². The highest BCUT2D eigenvalue weighted by atomic mass is 16.1. The summed E-state index contributed by atoms with van der Waals surface area (Å²) in [6, 6.07) is 10.1. The highest BCUT2D eigenvalue weighted by Gasteiger charge is 2.05. The van der Waals surface area contributed by atoms with E-state index in [2.05, 4.69) is 32.3 Å². The monoisotopic (exact) mass is 416 g/mol. The van der Waals surface area contributed by atoms with E-state index in [0.717, 1.165) is 88.1 Å². The van der Waals surface area contributed by atoms with E-state index < -0.39 is 0 Å². The number of hydrogen-bond acceptors (Lipinski definition) is 5. The van der Waals surface area contributed by atoms with Gasteiger partial charge in [0.05, 0.1) is 6.42 Å². The molecule has 0 bridgehead atoms. The van der Waals surface area contributed by atoms with Crippen molar-refractivity contribution in [3.8, 4) is 0 Å². The molecule has 2 aromatic rings. The molecule has 0 spiro atoms. The highest BCUT2D eigenvalue weighted by Crippen LogP contribution is 2.14. The average molecular weight is 417 g/mol. The van der Waals surface area contributed by atoms with Gasteiger partial charge in [-0.25, -0.2) is 0 Å². The van der Waals surface area contributed by atoms with Gasteiger partial charge >= 0.3 is 0 Å². The maximum absolute atomic E-state index is 12.1. The minimum absolute atomic E-state index is 0.0691. The molecule has 0 unspecified atom stereocenters. The van der Waals surface area contributed by atoms with Gasteiger partial charge in [-0.3, -0.25) is 4.79 Å². The number of para-hydroxylation sites is 1. The lowest BCUT2D eigenvalue weighted by Gasteiger charge is -2.08. The van der Waals surface area contributed by atoms with Crippen LogP contribution < -0.4 is 27.0 Å². The smallest absolute Gasteiger partial charge is 0.225 e. The standard InChI is InChI=1S/C23H40N6O/c24-10-3-4-11-25-12-5-13-26-14-6-15-27-16-7-17-28-23(30)19-21-18-20-8-1-2-9-22(20)29-21/h1-2,8-9,18,25-27,29H,3-7,10-17,19,24H2,(H,28,30). The number of nitrogens with two attached hydrogens (primary N) is 1. The summed E-state index contributed by atoms with van der Waals surface area (Å²) in [5.41, 5.74) is 7.51. The molecular formula is C23H40N6O. The second-order valence-corrected chi connectivity index (χ2v) is 7.71. The van der Waals surface area contributed by atoms with Gasteiger partial charge in [0.2, 0.25) is 5.91 Å². The third-order valence-corrected chi connectivity index (χ3v) is 5.01. The van der Waals surface area contributed by atoms with E-state index in [4.69, 9.17) is 5.73 Å². The zero-order chi connectivity index (χ0) is 21.3. The first-order chi connectivity index (χ1) is 14.8. The molecule has 0 radical (unpaired) electrons. The van der Waals surface area contributed by atoms with E-state index in [-0.39, 0.29) is 5.91 Å². The Morgan fingerprint density at radius 3 is 2.03 bits per heavy atom. The van der Waals surface area contributed by atoms with Crippen LogP contribution in [-0.4, -0.2) is 63.2 Å². The molecule has 30 heavy (non-hydrogen) atoms. The molecule has 0 aliphatic carbocycles. The lowest BCUT2D eigenvalue weighted by atomic mass is 10.2. The third kappa shape index (κ3) is 10.7. The van der Waals surface area contributed by atoms with E-state index in [1.54, 1.807) is 0 Å². The fourth-order valence-electron chi connectivity index (χ4n) is 3.35. The molecule has 0 fully saturated rings. The number of fused-ring (bicyclic) bond motifs is 1. The van der Waals surface area contributed by atoms with E-state index in [1.165, 1.54) is 6.42 Å². The van der Waals surface area contributed by atoms with Crippen LogP contribution in [0.3, 0.4) is 0 Å². The van der Waals surface area contributed by atoms with Crippen LogP contribution in [-0.2, 0) is 11.2 Å². The van der Waals surface area contributed by atoms with Gasteiger partial charge in [-0.15, -0.1) is 0 Å². The summed E-state index contributed by atoms with van der Waals surface area (Å²) >= 11 is 0. The minimum Gasteiger partial charge on any atom is -0.358 e. The van der Waals surface area contributed by atoms with E-state index >= 15 is 0 Å². The van der Waals surface area contributed by atoms with Gasteiger partial charge in [0.25, 0.3) is 0 Å². The van der Waals surface area contributed by atoms with Crippen molar-refractivity contribution in [1.82, 2.24) is 26.3 Å². The van der Waals surface area contributed by atoms with Gasteiger partial charge < -0.3 is 32.0 Å². The van der Waals surface area contributed by atoms with Gasteiger partial charge in [0.15, 0.2) is 0 Å². The second-order valence-electron chi connectivity index (χ2n) is 7.71. The molecule has 1 amide bonds. The minimum atomic E-state index is 0.0691. The summed E-state index contributed by atoms with van der Waals surface area (Å²) < 4.78 is 0. The molecule has 7 N–H and O–H groups in total. The summed E-state index contributed by atoms with van der Waals surface area (Å²) in [4.78, 5) is 15.4. The number of aromatic nitrogens is 1. The molecular weight excluding hydrogens is 376 g/mol. The van der Waals surface area contributed by atoms with Crippen LogP contribution in [0.25, 0.3) is 10.9 Å². The fourth-order valence-corrected chi connectivity index (χ4v) is 3.35. The number of hydrogen-bond donors (Lipinski definition) is 6. The topological polar surface area (TPSA) is 107 Å². The van der Waals surface area contributed by atoms with Crippen molar-refractivity contribution in [1.29, 1.82) is 0 Å². The average Bonchev–Trinajstić information content (AvgIpc) is 3.15. The number of rotatable bonds is 18. The SMILES string of the molecule is NCCCCNCCCNCCCNCCCNC(=O)Cc1cc2ccccc2[nH]1. The molecule has 168 valence electrons. The van der Waals surface area contributed by atoms with Gasteiger partial charge in [0.1, 0.15) is 0 Å². The highest BCUT2D eigenvalue weighted by molar-refractivity contribution is 5.84. The number of unbranched alkanes of at least 4 members (excludes halogenated alkanes) is 1. The van der Waals surface area contributed by atoms with Crippen molar-refractivity contribution in [3.05, 3.63) is 36.0 Å². The first-order valence-electron chi connectivity index (χ1n) is 11.4. The van der Waals surface area contributed by atoms with Crippen molar-refractivity contribution < 1.29 is 4.79 Å². The van der Waals surface area contributed by atoms with Crippen molar-refractivity contribution in [2.75, 3.05) is 52.4 Å². The number of benzene rings is 1. The molecule has 0 aliphatic heterocycles. The number of carbonyl (C=O) groups excluding carboxylic acids is 1. The molecule has 2 rings (SSSR count). The zero-order valence-corrected chi connectivity index (χ0v) is 18.3. The zero-order valence-electron chi connectivity index (χ0n) is 18.3. The Bertz CT molecular complexity index is 669. The van der Waals surface area contributed by atoms with Crippen LogP contribution in [0.5, 0.6) is 0 Å². The molecule has 0 saturated carbocycles. The quantitative estimate of drug-likeness (QED) is 0.207. The summed E-state index contributed by atoms with van der Waals surface area (Å²) in [5.74, 6) is 0.0691. The summed E-state index contributed by atoms with van der Waals surface area (Å²) in [6.07, 6.45) is 5.91. The summed E-state index contributed by atoms with van der Waals surface area (Å²) in [7, 11) is 0. The van der Waals surface area contributed by atoms with Crippen molar-refractivity contribution >= 4 is 16.8 Å². The predicted octanol–water partition coefficient (Wildman–Crippen LogP) is 1.50. The van der Waals surface area contributed by atoms with Gasteiger partial charge in [0, 0.05) is 17.8 Å². The van der Waals surface area contributed by atoms with Crippen LogP contribution in [0, 0.1) is 0 Å². The van der Waals surface area contributed by atoms with E-state index in [0.29, 0.717) is 13.0 Å². The Hall–Kier alpha value is -1.93. The van der Waals surface area contributed by atoms with E-state index in [1.807, 2.05) is 24.3 Å². The summed E-state index contributed by atoms with van der Waals surface area (Å²) in [5, 5.41) is 14.5. The molecule has 1 aromatic heterocycles. The van der Waals surface area contributed by atoms with Crippen LogP contribution in [0.2, 0.25) is 0 Å². The van der Waals surface area contributed by atoms with Crippen LogP contribution in [0.15, 0.2) is 30.3 Å². The van der Waals surface area contributed by atoms with Gasteiger partial charge in [-0.05, 0) is 95.4 Å². The number of nitrogens with one attached hydrogen (secondary N) is 5. The Labute approximate surface area is 180 Å². The molecule has 0 atom stereocenters. The lowest BCUT2D eigenvalue weighted by Crippen LogP contribution is -2.29. The second kappa shape index (κ2) is 15.8. The third-order valence-electron chi connectivity index (χ3n) is 5.01. The Balaban J connectivity index is 1.34. The number of amides is 1. The van der Waals surface area contributed by atoms with Crippen LogP contribution in [0.4, 0.5) is 0 Å². The lowest BCUT2D eigenvalue weighted by molar-refractivity contribution is -0.120. The maximum Gasteiger partial charge on any atom is 0.225 e. The molecule has 0 aliphatic rings. The van der Waals surface area contributed by atoms with E-state index in [9.17, 15) is 4.79 Å². The molecule has 7 heteroatoms. The Morgan fingerprint density at radius 1 is 0.800 bits per heavy atom. The van der Waals surface area contributed by atoms with Gasteiger partial charge in [-0.1, -0.05) is 18.2 Å². The molecule has 1 heterocycles. The Kier molecular flexibility index (Phi) is 12.9. The van der Waals surface area contributed by atoms with Crippen LogP contribution in [0.1, 0.15) is 37.8 Å². The first-order valence-corrected chi connectivity index (χ1v) is 11.4. The summed E-state index contributed by atoms with van der Waals surface area (Å²) in [6.45, 7) is 7.69. The number of carbonyl (C=O) groups is 1. The molecule has 0 saturated heterocycles. The number of aromatic amines is 1. The predicted molar refractivity (Wildman–Crippen MR) is 126 cm³/mol. The normalized spacial score (nSPS) is 11.2. The molecule has 1 aromatic carbocycles. The largest absolute Gasteiger partial charge is 0.358 e.